The van der Waals surface area contributed by atoms with Crippen LogP contribution in [0, 0.1) is 0 Å². The summed E-state index contributed by atoms with van der Waals surface area (Å²) in [5.41, 5.74) is 0.277. The maximum atomic E-state index is 11.0. The Bertz CT molecular complexity index is 587. The van der Waals surface area contributed by atoms with Crippen molar-refractivity contribution < 1.29 is 14.6 Å². The highest BCUT2D eigenvalue weighted by Crippen LogP contribution is 2.25. The molecule has 0 aromatic heterocycles. The smallest absolute Gasteiger partial charge is 0.336 e. The second-order valence-corrected chi connectivity index (χ2v) is 5.98. The number of carboxylic acid groups (broad SMARTS) is 1. The van der Waals surface area contributed by atoms with Gasteiger partial charge in [0, 0.05) is 15.1 Å². The number of benzene rings is 2. The monoisotopic (exact) mass is 352 g/mol. The number of aromatic carboxylic acids is 1. The molecule has 5 heteroatoms. The second-order valence-electron chi connectivity index (χ2n) is 3.96. The number of rotatable bonds is 6. The Balaban J connectivity index is 1.85. The maximum absolute atomic E-state index is 11.0. The quantitative estimate of drug-likeness (QED) is 0.621. The molecule has 104 valence electrons. The maximum Gasteiger partial charge on any atom is 0.336 e. The van der Waals surface area contributed by atoms with Gasteiger partial charge in [0.15, 0.2) is 0 Å². The molecule has 0 fully saturated rings. The van der Waals surface area contributed by atoms with Gasteiger partial charge in [0.2, 0.25) is 0 Å². The molecule has 2 aromatic rings. The SMILES string of the molecule is O=C(O)c1cc(SCCOc2ccccc2)ccc1Br. The van der Waals surface area contributed by atoms with Crippen LogP contribution in [0.1, 0.15) is 10.4 Å². The van der Waals surface area contributed by atoms with Gasteiger partial charge in [-0.15, -0.1) is 11.8 Å². The van der Waals surface area contributed by atoms with Gasteiger partial charge in [0.25, 0.3) is 0 Å². The Kier molecular flexibility index (Phi) is 5.49. The van der Waals surface area contributed by atoms with E-state index in [9.17, 15) is 4.79 Å². The Labute approximate surface area is 130 Å². The van der Waals surface area contributed by atoms with E-state index in [2.05, 4.69) is 15.9 Å². The molecule has 0 radical (unpaired) electrons. The number of ether oxygens (including phenoxy) is 1. The van der Waals surface area contributed by atoms with E-state index in [1.807, 2.05) is 36.4 Å². The Morgan fingerprint density at radius 1 is 1.20 bits per heavy atom. The molecular formula is C15H13BrO3S. The lowest BCUT2D eigenvalue weighted by Gasteiger charge is -2.07. The predicted octanol–water partition coefficient (Wildman–Crippen LogP) is 4.32. The summed E-state index contributed by atoms with van der Waals surface area (Å²) in [6, 6.07) is 14.9. The summed E-state index contributed by atoms with van der Waals surface area (Å²) in [5, 5.41) is 9.05. The first-order valence-electron chi connectivity index (χ1n) is 6.00. The van der Waals surface area contributed by atoms with Crippen molar-refractivity contribution >= 4 is 33.7 Å². The standard InChI is InChI=1S/C15H13BrO3S/c16-14-7-6-12(10-13(14)15(17)18)20-9-8-19-11-4-2-1-3-5-11/h1-7,10H,8-9H2,(H,17,18). The molecule has 2 aromatic carbocycles. The van der Waals surface area contributed by atoms with Crippen molar-refractivity contribution in [3.05, 3.63) is 58.6 Å². The molecule has 1 N–H and O–H groups in total. The minimum Gasteiger partial charge on any atom is -0.493 e. The lowest BCUT2D eigenvalue weighted by Crippen LogP contribution is -2.01. The van der Waals surface area contributed by atoms with Crippen LogP contribution in [0.2, 0.25) is 0 Å². The largest absolute Gasteiger partial charge is 0.493 e. The number of thioether (sulfide) groups is 1. The summed E-state index contributed by atoms with van der Waals surface area (Å²) in [5.74, 6) is 0.672. The summed E-state index contributed by atoms with van der Waals surface area (Å²) in [6.07, 6.45) is 0. The fourth-order valence-electron chi connectivity index (χ4n) is 1.59. The topological polar surface area (TPSA) is 46.5 Å². The van der Waals surface area contributed by atoms with Crippen LogP contribution < -0.4 is 4.74 Å². The van der Waals surface area contributed by atoms with Crippen molar-refractivity contribution in [3.8, 4) is 5.75 Å². The Morgan fingerprint density at radius 2 is 1.95 bits per heavy atom. The molecule has 0 spiro atoms. The molecular weight excluding hydrogens is 340 g/mol. The van der Waals surface area contributed by atoms with Crippen molar-refractivity contribution in [3.63, 3.8) is 0 Å². The van der Waals surface area contributed by atoms with Crippen LogP contribution in [0.15, 0.2) is 57.9 Å². The molecule has 0 aliphatic carbocycles. The van der Waals surface area contributed by atoms with Crippen LogP contribution in [-0.4, -0.2) is 23.4 Å². The summed E-state index contributed by atoms with van der Waals surface area (Å²) >= 11 is 4.80. The molecule has 0 bridgehead atoms. The molecule has 0 aliphatic heterocycles. The van der Waals surface area contributed by atoms with Crippen molar-refractivity contribution in [1.29, 1.82) is 0 Å². The van der Waals surface area contributed by atoms with Gasteiger partial charge in [-0.2, -0.15) is 0 Å². The molecule has 2 rings (SSSR count). The number of hydrogen-bond acceptors (Lipinski definition) is 3. The van der Waals surface area contributed by atoms with Crippen molar-refractivity contribution in [1.82, 2.24) is 0 Å². The molecule has 0 saturated carbocycles. The number of carboxylic acids is 1. The minimum absolute atomic E-state index is 0.277. The van der Waals surface area contributed by atoms with E-state index >= 15 is 0 Å². The molecule has 20 heavy (non-hydrogen) atoms. The Hall–Kier alpha value is -1.46. The van der Waals surface area contributed by atoms with Crippen LogP contribution in [0.5, 0.6) is 5.75 Å². The minimum atomic E-state index is -0.931. The van der Waals surface area contributed by atoms with Crippen molar-refractivity contribution in [2.24, 2.45) is 0 Å². The van der Waals surface area contributed by atoms with Gasteiger partial charge < -0.3 is 9.84 Å². The van der Waals surface area contributed by atoms with Gasteiger partial charge in [-0.05, 0) is 46.3 Å². The zero-order valence-corrected chi connectivity index (χ0v) is 13.0. The van der Waals surface area contributed by atoms with Gasteiger partial charge in [-0.1, -0.05) is 18.2 Å². The van der Waals surface area contributed by atoms with Crippen LogP contribution in [0.25, 0.3) is 0 Å². The highest BCUT2D eigenvalue weighted by molar-refractivity contribution is 9.10. The first kappa shape index (κ1) is 14.9. The third-order valence-electron chi connectivity index (χ3n) is 2.53. The van der Waals surface area contributed by atoms with Crippen LogP contribution in [0.3, 0.4) is 0 Å². The van der Waals surface area contributed by atoms with E-state index in [-0.39, 0.29) is 5.56 Å². The van der Waals surface area contributed by atoms with E-state index in [0.29, 0.717) is 11.1 Å². The van der Waals surface area contributed by atoms with E-state index in [4.69, 9.17) is 9.84 Å². The molecule has 0 aliphatic rings. The zero-order chi connectivity index (χ0) is 14.4. The normalized spacial score (nSPS) is 10.2. The third-order valence-corrected chi connectivity index (χ3v) is 4.18. The number of carbonyl (C=O) groups is 1. The van der Waals surface area contributed by atoms with Gasteiger partial charge >= 0.3 is 5.97 Å². The number of halogens is 1. The molecule has 0 unspecified atom stereocenters. The summed E-state index contributed by atoms with van der Waals surface area (Å²) in [7, 11) is 0. The number of para-hydroxylation sites is 1. The van der Waals surface area contributed by atoms with Gasteiger partial charge in [-0.3, -0.25) is 0 Å². The van der Waals surface area contributed by atoms with Crippen LogP contribution in [-0.2, 0) is 0 Å². The van der Waals surface area contributed by atoms with E-state index < -0.39 is 5.97 Å². The molecule has 3 nitrogen and oxygen atoms in total. The average molecular weight is 353 g/mol. The molecule has 0 saturated heterocycles. The highest BCUT2D eigenvalue weighted by atomic mass is 79.9. The van der Waals surface area contributed by atoms with Gasteiger partial charge in [-0.25, -0.2) is 4.79 Å². The van der Waals surface area contributed by atoms with Crippen LogP contribution in [0.4, 0.5) is 0 Å². The zero-order valence-electron chi connectivity index (χ0n) is 10.6. The van der Waals surface area contributed by atoms with Gasteiger partial charge in [0.1, 0.15) is 5.75 Å². The fraction of sp³-hybridized carbons (Fsp3) is 0.133. The molecule has 0 atom stereocenters. The summed E-state index contributed by atoms with van der Waals surface area (Å²) < 4.78 is 6.18. The molecule has 0 heterocycles. The average Bonchev–Trinajstić information content (AvgIpc) is 2.46. The lowest BCUT2D eigenvalue weighted by atomic mass is 10.2. The first-order chi connectivity index (χ1) is 9.66. The van der Waals surface area contributed by atoms with E-state index in [0.717, 1.165) is 16.4 Å². The van der Waals surface area contributed by atoms with E-state index in [1.54, 1.807) is 23.9 Å². The highest BCUT2D eigenvalue weighted by Gasteiger charge is 2.09. The molecule has 0 amide bonds. The van der Waals surface area contributed by atoms with E-state index in [1.165, 1.54) is 0 Å². The summed E-state index contributed by atoms with van der Waals surface area (Å²) in [6.45, 7) is 0.577. The first-order valence-corrected chi connectivity index (χ1v) is 7.78. The second kappa shape index (κ2) is 7.36. The lowest BCUT2D eigenvalue weighted by molar-refractivity contribution is 0.0695. The Morgan fingerprint density at radius 3 is 2.65 bits per heavy atom. The number of hydrogen-bond donors (Lipinski definition) is 1. The predicted molar refractivity (Wildman–Crippen MR) is 83.8 cm³/mol. The van der Waals surface area contributed by atoms with Crippen molar-refractivity contribution in [2.75, 3.05) is 12.4 Å². The third kappa shape index (κ3) is 4.28. The van der Waals surface area contributed by atoms with Gasteiger partial charge in [0.05, 0.1) is 12.2 Å². The summed E-state index contributed by atoms with van der Waals surface area (Å²) in [4.78, 5) is 11.9. The van der Waals surface area contributed by atoms with Crippen molar-refractivity contribution in [2.45, 2.75) is 4.90 Å². The van der Waals surface area contributed by atoms with Crippen LogP contribution >= 0.6 is 27.7 Å². The fourth-order valence-corrected chi connectivity index (χ4v) is 2.78.